The maximum Gasteiger partial charge on any atom is 0.338 e. The number of amides is 1. The minimum Gasteiger partial charge on any atom is -0.465 e. The van der Waals surface area contributed by atoms with Crippen molar-refractivity contribution < 1.29 is 14.3 Å². The number of hydrogen-bond acceptors (Lipinski definition) is 4. The first-order valence-corrected chi connectivity index (χ1v) is 7.17. The fourth-order valence-corrected chi connectivity index (χ4v) is 2.37. The molecule has 0 saturated heterocycles. The molecule has 118 valence electrons. The lowest BCUT2D eigenvalue weighted by atomic mass is 10.1. The van der Waals surface area contributed by atoms with Crippen molar-refractivity contribution in [1.29, 1.82) is 0 Å². The molecule has 0 fully saturated rings. The van der Waals surface area contributed by atoms with Crippen LogP contribution < -0.4 is 5.32 Å². The second kappa shape index (κ2) is 5.96. The van der Waals surface area contributed by atoms with Gasteiger partial charge in [-0.2, -0.15) is 5.10 Å². The van der Waals surface area contributed by atoms with Gasteiger partial charge in [0, 0.05) is 28.5 Å². The summed E-state index contributed by atoms with van der Waals surface area (Å²) in [5.41, 5.74) is 2.79. The molecule has 0 aliphatic carbocycles. The van der Waals surface area contributed by atoms with E-state index in [-0.39, 0.29) is 5.91 Å². The number of hydrogen-bond donors (Lipinski definition) is 3. The van der Waals surface area contributed by atoms with Crippen molar-refractivity contribution in [2.75, 3.05) is 12.4 Å². The van der Waals surface area contributed by atoms with Crippen molar-refractivity contribution in [3.63, 3.8) is 0 Å². The zero-order valence-corrected chi connectivity index (χ0v) is 12.8. The number of esters is 1. The van der Waals surface area contributed by atoms with E-state index in [1.54, 1.807) is 30.5 Å². The van der Waals surface area contributed by atoms with Crippen LogP contribution in [0.15, 0.2) is 30.5 Å². The standard InChI is InChI=1S/C16H16N4O3/c1-3-9-7-14(20-19-9)15(21)18-10-6-12(16(22)23-2)11-4-5-17-13(11)8-10/h4-8,17H,3H2,1-2H3,(H,18,21)(H,19,20). The Balaban J connectivity index is 1.93. The number of fused-ring (bicyclic) bond motifs is 1. The van der Waals surface area contributed by atoms with Gasteiger partial charge < -0.3 is 15.0 Å². The van der Waals surface area contributed by atoms with Gasteiger partial charge in [0.25, 0.3) is 5.91 Å². The molecule has 2 aromatic heterocycles. The van der Waals surface area contributed by atoms with Gasteiger partial charge in [0.2, 0.25) is 0 Å². The van der Waals surface area contributed by atoms with Crippen molar-refractivity contribution in [2.24, 2.45) is 0 Å². The lowest BCUT2D eigenvalue weighted by Crippen LogP contribution is -2.13. The zero-order chi connectivity index (χ0) is 16.4. The van der Waals surface area contributed by atoms with Crippen LogP contribution in [0.4, 0.5) is 5.69 Å². The fraction of sp³-hybridized carbons (Fsp3) is 0.188. The number of aromatic amines is 2. The van der Waals surface area contributed by atoms with Crippen molar-refractivity contribution in [3.8, 4) is 0 Å². The molecule has 1 aromatic carbocycles. The van der Waals surface area contributed by atoms with Crippen LogP contribution >= 0.6 is 0 Å². The molecule has 0 unspecified atom stereocenters. The monoisotopic (exact) mass is 312 g/mol. The number of anilines is 1. The predicted molar refractivity (Wildman–Crippen MR) is 85.6 cm³/mol. The molecule has 0 radical (unpaired) electrons. The Kier molecular flexibility index (Phi) is 3.84. The van der Waals surface area contributed by atoms with Crippen molar-refractivity contribution in [1.82, 2.24) is 15.2 Å². The lowest BCUT2D eigenvalue weighted by molar-refractivity contribution is 0.0603. The smallest absolute Gasteiger partial charge is 0.338 e. The number of carbonyl (C=O) groups is 2. The topological polar surface area (TPSA) is 99.9 Å². The zero-order valence-electron chi connectivity index (χ0n) is 12.8. The summed E-state index contributed by atoms with van der Waals surface area (Å²) in [7, 11) is 1.32. The van der Waals surface area contributed by atoms with Gasteiger partial charge in [-0.1, -0.05) is 6.92 Å². The number of ether oxygens (including phenoxy) is 1. The van der Waals surface area contributed by atoms with Gasteiger partial charge in [-0.3, -0.25) is 9.89 Å². The normalized spacial score (nSPS) is 10.7. The highest BCUT2D eigenvalue weighted by Gasteiger charge is 2.15. The Morgan fingerprint density at radius 3 is 2.83 bits per heavy atom. The Bertz CT molecular complexity index is 878. The van der Waals surface area contributed by atoms with Crippen LogP contribution in [0.3, 0.4) is 0 Å². The Morgan fingerprint density at radius 2 is 2.13 bits per heavy atom. The number of benzene rings is 1. The molecule has 1 amide bonds. The number of nitrogens with one attached hydrogen (secondary N) is 3. The highest BCUT2D eigenvalue weighted by atomic mass is 16.5. The van der Waals surface area contributed by atoms with E-state index in [0.29, 0.717) is 16.9 Å². The second-order valence-corrected chi connectivity index (χ2v) is 5.04. The van der Waals surface area contributed by atoms with E-state index in [2.05, 4.69) is 20.5 Å². The van der Waals surface area contributed by atoms with E-state index < -0.39 is 5.97 Å². The molecule has 0 bridgehead atoms. The summed E-state index contributed by atoms with van der Waals surface area (Å²) in [6.07, 6.45) is 2.49. The van der Waals surface area contributed by atoms with Gasteiger partial charge in [-0.15, -0.1) is 0 Å². The first-order chi connectivity index (χ1) is 11.1. The molecule has 0 spiro atoms. The molecule has 3 N–H and O–H groups in total. The van der Waals surface area contributed by atoms with Crippen LogP contribution in [0.25, 0.3) is 10.9 Å². The average Bonchev–Trinajstić information content (AvgIpc) is 3.21. The van der Waals surface area contributed by atoms with Gasteiger partial charge in [0.05, 0.1) is 12.7 Å². The third-order valence-corrected chi connectivity index (χ3v) is 3.58. The molecule has 3 rings (SSSR count). The lowest BCUT2D eigenvalue weighted by Gasteiger charge is -2.07. The Hall–Kier alpha value is -3.09. The quantitative estimate of drug-likeness (QED) is 0.644. The number of nitrogens with zero attached hydrogens (tertiary/aromatic N) is 1. The number of methoxy groups -OCH3 is 1. The average molecular weight is 312 g/mol. The summed E-state index contributed by atoms with van der Waals surface area (Å²) in [5.74, 6) is -0.804. The van der Waals surface area contributed by atoms with Crippen LogP contribution in [0.2, 0.25) is 0 Å². The van der Waals surface area contributed by atoms with Crippen LogP contribution in [0.5, 0.6) is 0 Å². The molecule has 3 aromatic rings. The molecular formula is C16H16N4O3. The Labute approximate surface area is 132 Å². The van der Waals surface area contributed by atoms with E-state index in [1.165, 1.54) is 7.11 Å². The number of H-pyrrole nitrogens is 2. The van der Waals surface area contributed by atoms with E-state index in [9.17, 15) is 9.59 Å². The minimum atomic E-state index is -0.460. The highest BCUT2D eigenvalue weighted by Crippen LogP contribution is 2.24. The molecule has 0 aliphatic rings. The highest BCUT2D eigenvalue weighted by molar-refractivity contribution is 6.08. The molecular weight excluding hydrogens is 296 g/mol. The molecule has 0 aliphatic heterocycles. The first-order valence-electron chi connectivity index (χ1n) is 7.17. The maximum absolute atomic E-state index is 12.2. The van der Waals surface area contributed by atoms with Gasteiger partial charge in [-0.25, -0.2) is 4.79 Å². The van der Waals surface area contributed by atoms with Crippen LogP contribution in [-0.2, 0) is 11.2 Å². The summed E-state index contributed by atoms with van der Waals surface area (Å²) in [4.78, 5) is 27.2. The van der Waals surface area contributed by atoms with E-state index in [0.717, 1.165) is 23.0 Å². The Morgan fingerprint density at radius 1 is 1.30 bits per heavy atom. The number of aromatic nitrogens is 3. The van der Waals surface area contributed by atoms with Crippen LogP contribution in [0.1, 0.15) is 33.5 Å². The second-order valence-electron chi connectivity index (χ2n) is 5.04. The number of aryl methyl sites for hydroxylation is 1. The molecule has 0 saturated carbocycles. The first kappa shape index (κ1) is 14.8. The summed E-state index contributed by atoms with van der Waals surface area (Å²) < 4.78 is 4.79. The van der Waals surface area contributed by atoms with Crippen LogP contribution in [-0.4, -0.2) is 34.2 Å². The van der Waals surface area contributed by atoms with Gasteiger partial charge >= 0.3 is 5.97 Å². The molecule has 7 nitrogen and oxygen atoms in total. The third-order valence-electron chi connectivity index (χ3n) is 3.58. The number of rotatable bonds is 4. The molecule has 2 heterocycles. The largest absolute Gasteiger partial charge is 0.465 e. The maximum atomic E-state index is 12.2. The van der Waals surface area contributed by atoms with Gasteiger partial charge in [0.15, 0.2) is 5.69 Å². The number of carbonyl (C=O) groups excluding carboxylic acids is 2. The van der Waals surface area contributed by atoms with E-state index in [4.69, 9.17) is 4.74 Å². The van der Waals surface area contributed by atoms with Crippen molar-refractivity contribution in [3.05, 3.63) is 47.4 Å². The summed E-state index contributed by atoms with van der Waals surface area (Å²) in [5, 5.41) is 10.3. The minimum absolute atomic E-state index is 0.299. The SMILES string of the molecule is CCc1cc(C(=O)Nc2cc(C(=O)OC)c3cc[nH]c3c2)n[nH]1. The summed E-state index contributed by atoms with van der Waals surface area (Å²) in [6, 6.07) is 6.83. The van der Waals surface area contributed by atoms with Crippen molar-refractivity contribution >= 4 is 28.5 Å². The van der Waals surface area contributed by atoms with Crippen molar-refractivity contribution in [2.45, 2.75) is 13.3 Å². The summed E-state index contributed by atoms with van der Waals surface area (Å²) >= 11 is 0. The predicted octanol–water partition coefficient (Wildman–Crippen LogP) is 2.49. The third kappa shape index (κ3) is 2.80. The van der Waals surface area contributed by atoms with Crippen LogP contribution in [0, 0.1) is 0 Å². The van der Waals surface area contributed by atoms with E-state index >= 15 is 0 Å². The summed E-state index contributed by atoms with van der Waals surface area (Å²) in [6.45, 7) is 1.97. The molecule has 0 atom stereocenters. The van der Waals surface area contributed by atoms with Gasteiger partial charge in [-0.05, 0) is 30.7 Å². The molecule has 23 heavy (non-hydrogen) atoms. The fourth-order valence-electron chi connectivity index (χ4n) is 2.37. The van der Waals surface area contributed by atoms with E-state index in [1.807, 2.05) is 6.92 Å². The molecule has 7 heteroatoms. The van der Waals surface area contributed by atoms with Gasteiger partial charge in [0.1, 0.15) is 0 Å².